The van der Waals surface area contributed by atoms with Crippen molar-refractivity contribution in [2.24, 2.45) is 0 Å². The van der Waals surface area contributed by atoms with E-state index in [1.807, 2.05) is 0 Å². The van der Waals surface area contributed by atoms with Crippen LogP contribution in [-0.2, 0) is 0 Å². The van der Waals surface area contributed by atoms with Crippen LogP contribution in [0, 0.1) is 0 Å². The van der Waals surface area contributed by atoms with E-state index in [9.17, 15) is 0 Å². The molecule has 48 valence electrons. The molecule has 8 heavy (non-hydrogen) atoms. The molecule has 1 nitrogen and oxygen atoms in total. The molecule has 0 saturated carbocycles. The van der Waals surface area contributed by atoms with E-state index in [1.54, 1.807) is 0 Å². The van der Waals surface area contributed by atoms with Gasteiger partial charge >= 0.3 is 119 Å². The molecule has 0 fully saturated rings. The summed E-state index contributed by atoms with van der Waals surface area (Å²) in [5.41, 5.74) is 0. The molecule has 0 aliphatic heterocycles. The number of rotatable bonds is 0. The number of hydrogen-bond acceptors (Lipinski definition) is 1. The topological polar surface area (TPSA) is 35.0 Å². The Labute approximate surface area is 176 Å². The van der Waals surface area contributed by atoms with Crippen molar-refractivity contribution < 1.29 is 86.6 Å². The smallest absolute Gasteiger partial charge is 1.00 e. The first-order valence-electron chi connectivity index (χ1n) is 0. The maximum atomic E-state index is 0. The molecule has 0 atom stereocenters. The molecule has 8 heteroatoms. The largest absolute Gasteiger partial charge is 2.00 e. The van der Waals surface area contributed by atoms with E-state index in [1.165, 1.54) is 0 Å². The summed E-state index contributed by atoms with van der Waals surface area (Å²) >= 11 is 0. The molecular formula is H11CaCl4KNNa. The monoisotopic (exact) mass is 267 g/mol. The molecule has 0 unspecified atom stereocenters. The zero-order chi connectivity index (χ0) is 0. The van der Waals surface area contributed by atoms with Crippen molar-refractivity contribution in [3.05, 3.63) is 0 Å². The van der Waals surface area contributed by atoms with Crippen molar-refractivity contribution in [1.82, 2.24) is 6.15 Å². The minimum Gasteiger partial charge on any atom is -1.00 e. The van der Waals surface area contributed by atoms with Gasteiger partial charge in [-0.25, -0.2) is 0 Å². The summed E-state index contributed by atoms with van der Waals surface area (Å²) in [5.74, 6) is 0. The fourth-order valence-corrected chi connectivity index (χ4v) is 0. The maximum Gasteiger partial charge on any atom is 2.00 e. The van der Waals surface area contributed by atoms with Gasteiger partial charge in [0, 0.05) is 0 Å². The molecule has 0 heterocycles. The van der Waals surface area contributed by atoms with Crippen LogP contribution >= 0.6 is 49.6 Å². The van der Waals surface area contributed by atoms with Crippen LogP contribution in [0.25, 0.3) is 0 Å². The number of halogens is 4. The molecule has 0 amide bonds. The molecule has 0 aromatic heterocycles. The van der Waals surface area contributed by atoms with Crippen LogP contribution in [0.3, 0.4) is 0 Å². The van der Waals surface area contributed by atoms with Gasteiger partial charge in [-0.1, -0.05) is 0 Å². The first-order chi connectivity index (χ1) is 0. The maximum absolute atomic E-state index is 0. The fourth-order valence-electron chi connectivity index (χ4n) is 0. The van der Waals surface area contributed by atoms with Gasteiger partial charge in [-0.3, -0.25) is 0 Å². The molecule has 0 bridgehead atoms. The van der Waals surface area contributed by atoms with Crippen LogP contribution in [0.4, 0.5) is 0 Å². The Bertz CT molecular complexity index is 27.0. The Morgan fingerprint density at radius 3 is 0.750 bits per heavy atom. The molecule has 0 aromatic rings. The van der Waals surface area contributed by atoms with Crippen molar-refractivity contribution in [2.75, 3.05) is 0 Å². The first-order valence-corrected chi connectivity index (χ1v) is 0. The summed E-state index contributed by atoms with van der Waals surface area (Å²) in [6, 6.07) is 0. The normalized spacial score (nSPS) is 0. The van der Waals surface area contributed by atoms with Crippen molar-refractivity contribution in [1.29, 1.82) is 0 Å². The van der Waals surface area contributed by atoms with E-state index < -0.39 is 0 Å². The van der Waals surface area contributed by atoms with Gasteiger partial charge in [0.05, 0.1) is 0 Å². The summed E-state index contributed by atoms with van der Waals surface area (Å²) in [7, 11) is 0. The predicted octanol–water partition coefficient (Wildman–Crippen LogP) is -4.07. The molecular weight excluding hydrogens is 258 g/mol. The first kappa shape index (κ1) is 74.7. The van der Waals surface area contributed by atoms with Crippen LogP contribution in [-0.4, -0.2) is 37.7 Å². The second kappa shape index (κ2) is 58.0. The third-order valence-corrected chi connectivity index (χ3v) is 0. The molecule has 0 aromatic carbocycles. The van der Waals surface area contributed by atoms with Crippen molar-refractivity contribution in [3.8, 4) is 0 Å². The van der Waals surface area contributed by atoms with E-state index in [4.69, 9.17) is 0 Å². The van der Waals surface area contributed by atoms with E-state index in [0.717, 1.165) is 0 Å². The Morgan fingerprint density at radius 1 is 0.750 bits per heavy atom. The van der Waals surface area contributed by atoms with Crippen LogP contribution in [0.1, 0.15) is 5.71 Å². The van der Waals surface area contributed by atoms with Crippen LogP contribution in [0.5, 0.6) is 0 Å². The third kappa shape index (κ3) is 43.9. The van der Waals surface area contributed by atoms with Crippen molar-refractivity contribution in [3.63, 3.8) is 0 Å². The average molecular weight is 269 g/mol. The van der Waals surface area contributed by atoms with E-state index in [-0.39, 0.29) is 180 Å². The summed E-state index contributed by atoms with van der Waals surface area (Å²) in [6.45, 7) is 0. The van der Waals surface area contributed by atoms with Gasteiger partial charge in [0.2, 0.25) is 0 Å². The molecule has 0 rings (SSSR count). The van der Waals surface area contributed by atoms with Crippen LogP contribution < -0.4 is 87.1 Å². The quantitative estimate of drug-likeness (QED) is 0.446. The van der Waals surface area contributed by atoms with E-state index >= 15 is 0 Å². The van der Waals surface area contributed by atoms with E-state index in [2.05, 4.69) is 0 Å². The predicted molar refractivity (Wildman–Crippen MR) is 44.2 cm³/mol. The second-order valence-corrected chi connectivity index (χ2v) is 0. The SMILES string of the molecule is Cl.Cl.Cl.Cl.N.[Ca+2].[H-].[H-].[H-].[H-].[K+].[Na+]. The molecule has 3 N–H and O–H groups in total. The average Bonchev–Trinajstić information content (AvgIpc) is 0. The van der Waals surface area contributed by atoms with Gasteiger partial charge in [-0.15, -0.1) is 49.6 Å². The molecule has 0 aliphatic rings. The van der Waals surface area contributed by atoms with Crippen LogP contribution in [0.2, 0.25) is 0 Å². The van der Waals surface area contributed by atoms with Gasteiger partial charge in [0.1, 0.15) is 0 Å². The standard InChI is InChI=1S/Ca.4ClH.K.H3N.Na.4H/h;4*1H;;1H3;;;;;/q+2;;;;;+1;;+1;4*-1. The fraction of sp³-hybridized carbons (Fsp3) is 0. The molecule has 0 radical (unpaired) electrons. The Kier molecular flexibility index (Phi) is 541. The summed E-state index contributed by atoms with van der Waals surface area (Å²) in [4.78, 5) is 0. The van der Waals surface area contributed by atoms with Crippen molar-refractivity contribution in [2.45, 2.75) is 0 Å². The Hall–Kier alpha value is 5.02. The zero-order valence-electron chi connectivity index (χ0n) is 9.05. The minimum absolute atomic E-state index is 0. The Morgan fingerprint density at radius 2 is 0.750 bits per heavy atom. The molecule has 0 spiro atoms. The van der Waals surface area contributed by atoms with Gasteiger partial charge in [0.15, 0.2) is 0 Å². The number of hydrogen-bond donors (Lipinski definition) is 1. The van der Waals surface area contributed by atoms with E-state index in [0.29, 0.717) is 0 Å². The van der Waals surface area contributed by atoms with Crippen LogP contribution in [0.15, 0.2) is 0 Å². The summed E-state index contributed by atoms with van der Waals surface area (Å²) in [6.07, 6.45) is 0. The van der Waals surface area contributed by atoms with Gasteiger partial charge in [0.25, 0.3) is 0 Å². The van der Waals surface area contributed by atoms with Crippen molar-refractivity contribution >= 4 is 87.4 Å². The second-order valence-electron chi connectivity index (χ2n) is 0. The minimum atomic E-state index is 0. The summed E-state index contributed by atoms with van der Waals surface area (Å²) < 4.78 is 0. The van der Waals surface area contributed by atoms with Gasteiger partial charge in [-0.2, -0.15) is 0 Å². The molecule has 0 saturated heterocycles. The Balaban J connectivity index is 0. The third-order valence-electron chi connectivity index (χ3n) is 0. The zero-order valence-corrected chi connectivity index (χ0v) is 15.6. The summed E-state index contributed by atoms with van der Waals surface area (Å²) in [5, 5.41) is 0. The van der Waals surface area contributed by atoms with Gasteiger partial charge < -0.3 is 11.9 Å². The van der Waals surface area contributed by atoms with Gasteiger partial charge in [-0.05, 0) is 0 Å². The molecule has 0 aliphatic carbocycles.